The normalized spacial score (nSPS) is 20.2. The van der Waals surface area contributed by atoms with E-state index in [-0.39, 0.29) is 12.5 Å². The van der Waals surface area contributed by atoms with E-state index in [9.17, 15) is 9.18 Å². The van der Waals surface area contributed by atoms with Crippen molar-refractivity contribution in [1.82, 2.24) is 0 Å². The van der Waals surface area contributed by atoms with Gasteiger partial charge in [-0.25, -0.2) is 0 Å². The van der Waals surface area contributed by atoms with Crippen molar-refractivity contribution >= 4 is 5.97 Å². The van der Waals surface area contributed by atoms with Gasteiger partial charge < -0.3 is 10.5 Å². The fourth-order valence-electron chi connectivity index (χ4n) is 2.05. The van der Waals surface area contributed by atoms with E-state index in [0.29, 0.717) is 18.8 Å². The van der Waals surface area contributed by atoms with Gasteiger partial charge in [-0.2, -0.15) is 0 Å². The number of rotatable bonds is 6. The third-order valence-corrected chi connectivity index (χ3v) is 3.07. The molecule has 14 heavy (non-hydrogen) atoms. The van der Waals surface area contributed by atoms with Gasteiger partial charge in [0.05, 0.1) is 19.2 Å². The topological polar surface area (TPSA) is 52.3 Å². The number of carbonyl (C=O) groups excluding carboxylic acids is 1. The molecule has 0 saturated heterocycles. The Hall–Kier alpha value is -0.640. The largest absolute Gasteiger partial charge is 0.469 e. The highest BCUT2D eigenvalue weighted by Crippen LogP contribution is 2.48. The molecular weight excluding hydrogens is 185 g/mol. The first-order valence-corrected chi connectivity index (χ1v) is 5.05. The molecule has 4 heteroatoms. The van der Waals surface area contributed by atoms with Crippen LogP contribution in [0.3, 0.4) is 0 Å². The number of methoxy groups -OCH3 is 1. The van der Waals surface area contributed by atoms with Gasteiger partial charge in [-0.15, -0.1) is 0 Å². The molecule has 0 spiro atoms. The average Bonchev–Trinajstić information content (AvgIpc) is 3.03. The van der Waals surface area contributed by atoms with Crippen LogP contribution in [0.2, 0.25) is 0 Å². The van der Waals surface area contributed by atoms with Crippen LogP contribution in [0.5, 0.6) is 0 Å². The Kier molecular flexibility index (Phi) is 3.86. The molecule has 1 saturated carbocycles. The quantitative estimate of drug-likeness (QED) is 0.661. The van der Waals surface area contributed by atoms with Gasteiger partial charge in [-0.3, -0.25) is 9.18 Å². The molecule has 1 unspecified atom stereocenters. The number of hydrogen-bond donors (Lipinski definition) is 1. The fourth-order valence-corrected chi connectivity index (χ4v) is 2.05. The highest BCUT2D eigenvalue weighted by Gasteiger charge is 2.50. The third-order valence-electron chi connectivity index (χ3n) is 3.07. The Balaban J connectivity index is 2.69. The Morgan fingerprint density at radius 1 is 1.64 bits per heavy atom. The van der Waals surface area contributed by atoms with Crippen molar-refractivity contribution in [3.63, 3.8) is 0 Å². The lowest BCUT2D eigenvalue weighted by molar-refractivity contribution is -0.154. The molecule has 1 atom stereocenters. The lowest BCUT2D eigenvalue weighted by Gasteiger charge is -2.29. The minimum atomic E-state index is -0.610. The number of esters is 1. The smallest absolute Gasteiger partial charge is 0.313 e. The highest BCUT2D eigenvalue weighted by molar-refractivity contribution is 5.78. The van der Waals surface area contributed by atoms with Crippen molar-refractivity contribution in [2.24, 2.45) is 17.1 Å². The van der Waals surface area contributed by atoms with Crippen LogP contribution < -0.4 is 5.73 Å². The zero-order valence-electron chi connectivity index (χ0n) is 8.59. The highest BCUT2D eigenvalue weighted by atomic mass is 19.1. The summed E-state index contributed by atoms with van der Waals surface area (Å²) in [6, 6.07) is 0. The minimum Gasteiger partial charge on any atom is -0.469 e. The molecule has 2 N–H and O–H groups in total. The molecule has 1 fully saturated rings. The molecule has 0 aromatic rings. The van der Waals surface area contributed by atoms with Gasteiger partial charge in [-0.1, -0.05) is 0 Å². The lowest BCUT2D eigenvalue weighted by Crippen LogP contribution is -2.41. The first-order chi connectivity index (χ1) is 6.71. The van der Waals surface area contributed by atoms with Crippen LogP contribution in [0, 0.1) is 11.3 Å². The number of carbonyl (C=O) groups is 1. The molecule has 0 bridgehead atoms. The van der Waals surface area contributed by atoms with Gasteiger partial charge in [-0.05, 0) is 31.6 Å². The predicted octanol–water partition coefficient (Wildman–Crippen LogP) is 1.26. The Morgan fingerprint density at radius 3 is 2.64 bits per heavy atom. The van der Waals surface area contributed by atoms with Crippen LogP contribution in [-0.4, -0.2) is 26.3 Å². The zero-order valence-corrected chi connectivity index (χ0v) is 8.59. The molecule has 0 radical (unpaired) electrons. The summed E-state index contributed by atoms with van der Waals surface area (Å²) in [6.07, 6.45) is 2.93. The summed E-state index contributed by atoms with van der Waals surface area (Å²) in [5.41, 5.74) is 5.03. The summed E-state index contributed by atoms with van der Waals surface area (Å²) >= 11 is 0. The van der Waals surface area contributed by atoms with Crippen molar-refractivity contribution in [3.05, 3.63) is 0 Å². The van der Waals surface area contributed by atoms with E-state index in [2.05, 4.69) is 0 Å². The SMILES string of the molecule is COC(=O)C(CN)(CCCF)C1CC1. The number of alkyl halides is 1. The van der Waals surface area contributed by atoms with Crippen molar-refractivity contribution < 1.29 is 13.9 Å². The van der Waals surface area contributed by atoms with Crippen LogP contribution in [0.1, 0.15) is 25.7 Å². The van der Waals surface area contributed by atoms with Gasteiger partial charge >= 0.3 is 5.97 Å². The Labute approximate surface area is 83.8 Å². The molecular formula is C10H18FNO2. The first-order valence-electron chi connectivity index (χ1n) is 5.05. The molecule has 0 heterocycles. The minimum absolute atomic E-state index is 0.268. The predicted molar refractivity (Wildman–Crippen MR) is 51.4 cm³/mol. The molecule has 3 nitrogen and oxygen atoms in total. The van der Waals surface area contributed by atoms with Crippen LogP contribution >= 0.6 is 0 Å². The second-order valence-electron chi connectivity index (χ2n) is 3.92. The summed E-state index contributed by atoms with van der Waals surface area (Å²) in [5, 5.41) is 0. The van der Waals surface area contributed by atoms with Crippen LogP contribution in [-0.2, 0) is 9.53 Å². The van der Waals surface area contributed by atoms with E-state index in [1.165, 1.54) is 7.11 Å². The maximum atomic E-state index is 12.1. The van der Waals surface area contributed by atoms with Gasteiger partial charge in [0.2, 0.25) is 0 Å². The fraction of sp³-hybridized carbons (Fsp3) is 0.900. The summed E-state index contributed by atoms with van der Waals surface area (Å²) in [5.74, 6) is 0.0439. The Bertz CT molecular complexity index is 206. The van der Waals surface area contributed by atoms with Crippen molar-refractivity contribution in [2.45, 2.75) is 25.7 Å². The van der Waals surface area contributed by atoms with Crippen molar-refractivity contribution in [2.75, 3.05) is 20.3 Å². The van der Waals surface area contributed by atoms with Crippen molar-refractivity contribution in [3.8, 4) is 0 Å². The maximum Gasteiger partial charge on any atom is 0.313 e. The average molecular weight is 203 g/mol. The standard InChI is InChI=1S/C10H18FNO2/c1-14-9(13)10(7-12,5-2-6-11)8-3-4-8/h8H,2-7,12H2,1H3. The van der Waals surface area contributed by atoms with E-state index in [0.717, 1.165) is 12.8 Å². The Morgan fingerprint density at radius 2 is 2.29 bits per heavy atom. The first kappa shape index (κ1) is 11.4. The molecule has 1 aliphatic carbocycles. The number of ether oxygens (including phenoxy) is 1. The van der Waals surface area contributed by atoms with Gasteiger partial charge in [0.1, 0.15) is 0 Å². The summed E-state index contributed by atoms with van der Waals surface area (Å²) in [7, 11) is 1.37. The summed E-state index contributed by atoms with van der Waals surface area (Å²) in [4.78, 5) is 11.6. The van der Waals surface area contributed by atoms with Crippen LogP contribution in [0.25, 0.3) is 0 Å². The van der Waals surface area contributed by atoms with Crippen LogP contribution in [0.15, 0.2) is 0 Å². The molecule has 1 rings (SSSR count). The zero-order chi connectivity index (χ0) is 10.6. The molecule has 1 aliphatic rings. The molecule has 82 valence electrons. The molecule has 0 aliphatic heterocycles. The number of hydrogen-bond acceptors (Lipinski definition) is 3. The lowest BCUT2D eigenvalue weighted by atomic mass is 9.78. The number of halogens is 1. The third kappa shape index (κ3) is 2.05. The van der Waals surface area contributed by atoms with E-state index >= 15 is 0 Å². The van der Waals surface area contributed by atoms with Gasteiger partial charge in [0.15, 0.2) is 0 Å². The van der Waals surface area contributed by atoms with E-state index in [1.54, 1.807) is 0 Å². The van der Waals surface area contributed by atoms with E-state index in [4.69, 9.17) is 10.5 Å². The van der Waals surface area contributed by atoms with Gasteiger partial charge in [0, 0.05) is 6.54 Å². The molecule has 0 amide bonds. The van der Waals surface area contributed by atoms with E-state index in [1.807, 2.05) is 0 Å². The van der Waals surface area contributed by atoms with Gasteiger partial charge in [0.25, 0.3) is 0 Å². The van der Waals surface area contributed by atoms with E-state index < -0.39 is 12.1 Å². The molecule has 0 aromatic carbocycles. The second-order valence-corrected chi connectivity index (χ2v) is 3.92. The second kappa shape index (κ2) is 4.73. The summed E-state index contributed by atoms with van der Waals surface area (Å²) < 4.78 is 16.9. The summed E-state index contributed by atoms with van der Waals surface area (Å²) in [6.45, 7) is -0.129. The van der Waals surface area contributed by atoms with Crippen LogP contribution in [0.4, 0.5) is 4.39 Å². The molecule has 0 aromatic heterocycles. The maximum absolute atomic E-state index is 12.1. The van der Waals surface area contributed by atoms with Crippen molar-refractivity contribution in [1.29, 1.82) is 0 Å². The number of nitrogens with two attached hydrogens (primary N) is 1. The monoisotopic (exact) mass is 203 g/mol.